The third-order valence-electron chi connectivity index (χ3n) is 4.94. The van der Waals surface area contributed by atoms with E-state index in [1.807, 2.05) is 7.05 Å². The number of aromatic nitrogens is 3. The van der Waals surface area contributed by atoms with Crippen LogP contribution in [-0.4, -0.2) is 40.4 Å². The molecule has 146 valence electrons. The van der Waals surface area contributed by atoms with Gasteiger partial charge in [0.05, 0.1) is 6.54 Å². The fourth-order valence-corrected chi connectivity index (χ4v) is 3.62. The zero-order chi connectivity index (χ0) is 19.4. The molecule has 0 saturated carbocycles. The van der Waals surface area contributed by atoms with Gasteiger partial charge in [0.2, 0.25) is 0 Å². The molecule has 0 spiro atoms. The monoisotopic (exact) mass is 368 g/mol. The van der Waals surface area contributed by atoms with Gasteiger partial charge in [-0.3, -0.25) is 4.99 Å². The summed E-state index contributed by atoms with van der Waals surface area (Å²) in [5.41, 5.74) is 4.00. The van der Waals surface area contributed by atoms with Crippen molar-refractivity contribution in [2.75, 3.05) is 13.6 Å². The highest BCUT2D eigenvalue weighted by Crippen LogP contribution is 2.17. The summed E-state index contributed by atoms with van der Waals surface area (Å²) in [6.45, 7) is 10.3. The number of nitrogens with one attached hydrogen (secondary N) is 2. The highest BCUT2D eigenvalue weighted by molar-refractivity contribution is 5.79. The molecule has 2 aromatic rings. The Bertz CT molecular complexity index is 785. The molecule has 27 heavy (non-hydrogen) atoms. The second-order valence-electron chi connectivity index (χ2n) is 7.85. The molecule has 0 radical (unpaired) electrons. The van der Waals surface area contributed by atoms with Crippen molar-refractivity contribution in [3.63, 3.8) is 0 Å². The second kappa shape index (κ2) is 8.55. The molecule has 3 rings (SSSR count). The predicted octanol–water partition coefficient (Wildman–Crippen LogP) is 2.74. The molecule has 2 heterocycles. The first-order valence-corrected chi connectivity index (χ1v) is 9.92. The number of benzene rings is 1. The van der Waals surface area contributed by atoms with Crippen LogP contribution in [0.1, 0.15) is 54.5 Å². The molecule has 0 amide bonds. The van der Waals surface area contributed by atoms with Crippen molar-refractivity contribution in [1.29, 1.82) is 0 Å². The fourth-order valence-electron chi connectivity index (χ4n) is 3.62. The van der Waals surface area contributed by atoms with E-state index in [9.17, 15) is 0 Å². The Labute approximate surface area is 162 Å². The average Bonchev–Trinajstić information content (AvgIpc) is 3.03. The van der Waals surface area contributed by atoms with E-state index in [4.69, 9.17) is 0 Å². The van der Waals surface area contributed by atoms with Gasteiger partial charge in [-0.15, -0.1) is 0 Å². The van der Waals surface area contributed by atoms with E-state index in [1.165, 1.54) is 16.7 Å². The minimum absolute atomic E-state index is 0.326. The molecule has 1 aromatic carbocycles. The number of fused-ring (bicyclic) bond motifs is 1. The topological polar surface area (TPSA) is 67.1 Å². The van der Waals surface area contributed by atoms with E-state index >= 15 is 0 Å². The molecular formula is C21H32N6. The summed E-state index contributed by atoms with van der Waals surface area (Å²) in [7, 11) is 1.83. The van der Waals surface area contributed by atoms with Gasteiger partial charge in [-0.05, 0) is 32.3 Å². The zero-order valence-electron chi connectivity index (χ0n) is 17.2. The summed E-state index contributed by atoms with van der Waals surface area (Å²) in [4.78, 5) is 9.05. The Morgan fingerprint density at radius 1 is 1.26 bits per heavy atom. The molecule has 1 aliphatic heterocycles. The van der Waals surface area contributed by atoms with E-state index in [-0.39, 0.29) is 0 Å². The SMILES string of the molecule is CN=C(NCCc1cc(C)cc(C)c1)NC1CCc2nc(C(C)C)nn2C1. The third kappa shape index (κ3) is 5.08. The van der Waals surface area contributed by atoms with E-state index < -0.39 is 0 Å². The van der Waals surface area contributed by atoms with Crippen molar-refractivity contribution in [3.05, 3.63) is 46.5 Å². The smallest absolute Gasteiger partial charge is 0.191 e. The number of nitrogens with zero attached hydrogens (tertiary/aromatic N) is 4. The molecule has 1 unspecified atom stereocenters. The first-order valence-electron chi connectivity index (χ1n) is 9.92. The van der Waals surface area contributed by atoms with Gasteiger partial charge in [0.15, 0.2) is 11.8 Å². The van der Waals surface area contributed by atoms with Crippen molar-refractivity contribution in [2.45, 2.75) is 65.5 Å². The summed E-state index contributed by atoms with van der Waals surface area (Å²) in [5.74, 6) is 3.28. The average molecular weight is 369 g/mol. The second-order valence-corrected chi connectivity index (χ2v) is 7.85. The van der Waals surface area contributed by atoms with Crippen LogP contribution in [0.3, 0.4) is 0 Å². The Morgan fingerprint density at radius 2 is 2.00 bits per heavy atom. The fraction of sp³-hybridized carbons (Fsp3) is 0.571. The quantitative estimate of drug-likeness (QED) is 0.629. The molecule has 1 aromatic heterocycles. The molecule has 0 bridgehead atoms. The minimum Gasteiger partial charge on any atom is -0.356 e. The van der Waals surface area contributed by atoms with E-state index in [1.54, 1.807) is 0 Å². The van der Waals surface area contributed by atoms with E-state index in [2.05, 4.69) is 76.3 Å². The Balaban J connectivity index is 1.51. The van der Waals surface area contributed by atoms with Gasteiger partial charge in [-0.2, -0.15) is 5.10 Å². The molecule has 1 aliphatic rings. The van der Waals surface area contributed by atoms with Crippen LogP contribution >= 0.6 is 0 Å². The maximum Gasteiger partial charge on any atom is 0.191 e. The lowest BCUT2D eigenvalue weighted by Crippen LogP contribution is -2.47. The van der Waals surface area contributed by atoms with Crippen LogP contribution in [0, 0.1) is 13.8 Å². The molecule has 0 fully saturated rings. The maximum absolute atomic E-state index is 4.66. The molecular weight excluding hydrogens is 336 g/mol. The third-order valence-corrected chi connectivity index (χ3v) is 4.94. The number of rotatable bonds is 5. The molecule has 2 N–H and O–H groups in total. The Kier molecular flexibility index (Phi) is 6.14. The molecule has 6 nitrogen and oxygen atoms in total. The first-order chi connectivity index (χ1) is 12.9. The highest BCUT2D eigenvalue weighted by atomic mass is 15.4. The molecule has 1 atom stereocenters. The van der Waals surface area contributed by atoms with Crippen LogP contribution in [0.15, 0.2) is 23.2 Å². The van der Waals surface area contributed by atoms with E-state index in [0.717, 1.165) is 50.0 Å². The lowest BCUT2D eigenvalue weighted by atomic mass is 10.1. The summed E-state index contributed by atoms with van der Waals surface area (Å²) in [6, 6.07) is 7.05. The molecule has 0 aliphatic carbocycles. The van der Waals surface area contributed by atoms with Crippen molar-refractivity contribution in [1.82, 2.24) is 25.4 Å². The standard InChI is InChI=1S/C21H32N6/c1-14(2)20-25-19-7-6-18(13-27(19)26-20)24-21(22-5)23-9-8-17-11-15(3)10-16(4)12-17/h10-12,14,18H,6-9,13H2,1-5H3,(H2,22,23,24). The van der Waals surface area contributed by atoms with Crippen molar-refractivity contribution in [2.24, 2.45) is 4.99 Å². The van der Waals surface area contributed by atoms with Crippen molar-refractivity contribution < 1.29 is 0 Å². The van der Waals surface area contributed by atoms with Gasteiger partial charge in [0.25, 0.3) is 0 Å². The summed E-state index contributed by atoms with van der Waals surface area (Å²) < 4.78 is 2.05. The van der Waals surface area contributed by atoms with E-state index in [0.29, 0.717) is 12.0 Å². The van der Waals surface area contributed by atoms with Crippen LogP contribution in [0.2, 0.25) is 0 Å². The number of guanidine groups is 1. The van der Waals surface area contributed by atoms with Crippen LogP contribution in [0.4, 0.5) is 0 Å². The zero-order valence-corrected chi connectivity index (χ0v) is 17.2. The Hall–Kier alpha value is -2.37. The summed E-state index contributed by atoms with van der Waals surface area (Å²) in [5, 5.41) is 11.6. The summed E-state index contributed by atoms with van der Waals surface area (Å²) >= 11 is 0. The van der Waals surface area contributed by atoms with Gasteiger partial charge in [-0.25, -0.2) is 9.67 Å². The predicted molar refractivity (Wildman–Crippen MR) is 110 cm³/mol. The molecule has 6 heteroatoms. The maximum atomic E-state index is 4.66. The van der Waals surface area contributed by atoms with Crippen LogP contribution in [0.25, 0.3) is 0 Å². The largest absolute Gasteiger partial charge is 0.356 e. The number of hydrogen-bond acceptors (Lipinski definition) is 3. The normalized spacial score (nSPS) is 17.1. The number of hydrogen-bond donors (Lipinski definition) is 2. The molecule has 0 saturated heterocycles. The highest BCUT2D eigenvalue weighted by Gasteiger charge is 2.23. The van der Waals surface area contributed by atoms with Crippen molar-refractivity contribution >= 4 is 5.96 Å². The van der Waals surface area contributed by atoms with Gasteiger partial charge in [-0.1, -0.05) is 43.2 Å². The van der Waals surface area contributed by atoms with Crippen LogP contribution < -0.4 is 10.6 Å². The van der Waals surface area contributed by atoms with Crippen LogP contribution in [0.5, 0.6) is 0 Å². The van der Waals surface area contributed by atoms with Gasteiger partial charge in [0, 0.05) is 32.0 Å². The van der Waals surface area contributed by atoms with Gasteiger partial charge in [0.1, 0.15) is 5.82 Å². The van der Waals surface area contributed by atoms with Crippen LogP contribution in [-0.2, 0) is 19.4 Å². The summed E-state index contributed by atoms with van der Waals surface area (Å²) in [6.07, 6.45) is 2.99. The van der Waals surface area contributed by atoms with Gasteiger partial charge >= 0.3 is 0 Å². The van der Waals surface area contributed by atoms with Gasteiger partial charge < -0.3 is 10.6 Å². The Morgan fingerprint density at radius 3 is 2.67 bits per heavy atom. The lowest BCUT2D eigenvalue weighted by molar-refractivity contribution is 0.391. The number of aryl methyl sites for hydroxylation is 3. The minimum atomic E-state index is 0.326. The lowest BCUT2D eigenvalue weighted by Gasteiger charge is -2.25. The first kappa shape index (κ1) is 19.4. The van der Waals surface area contributed by atoms with Crippen molar-refractivity contribution in [3.8, 4) is 0 Å². The number of aliphatic imine (C=N–C) groups is 1.